The molecule has 0 unspecified atom stereocenters. The van der Waals surface area contributed by atoms with Crippen molar-refractivity contribution in [3.05, 3.63) is 54.4 Å². The molecule has 0 saturated carbocycles. The number of fused-ring (bicyclic) bond motifs is 1. The third kappa shape index (κ3) is 3.38. The third-order valence-corrected chi connectivity index (χ3v) is 4.60. The molecule has 144 valence electrons. The van der Waals surface area contributed by atoms with Crippen LogP contribution in [-0.2, 0) is 11.2 Å². The predicted octanol–water partition coefficient (Wildman–Crippen LogP) is 2.61. The molecular formula is C21H21N3O4. The molecule has 1 amide bonds. The number of rotatable bonds is 5. The van der Waals surface area contributed by atoms with E-state index >= 15 is 0 Å². The average molecular weight is 379 g/mol. The van der Waals surface area contributed by atoms with Crippen LogP contribution in [0.15, 0.2) is 48.8 Å². The van der Waals surface area contributed by atoms with Crippen LogP contribution >= 0.6 is 0 Å². The molecule has 0 aliphatic carbocycles. The smallest absolute Gasteiger partial charge is 0.224 e. The van der Waals surface area contributed by atoms with Crippen molar-refractivity contribution in [1.29, 1.82) is 0 Å². The molecule has 0 bridgehead atoms. The minimum Gasteiger partial charge on any atom is -0.496 e. The number of nitrogens with one attached hydrogen (secondary N) is 1. The van der Waals surface area contributed by atoms with E-state index in [2.05, 4.69) is 10.3 Å². The molecule has 0 atom stereocenters. The molecule has 2 aromatic carbocycles. The van der Waals surface area contributed by atoms with Crippen molar-refractivity contribution in [3.63, 3.8) is 0 Å². The van der Waals surface area contributed by atoms with Crippen molar-refractivity contribution in [2.45, 2.75) is 6.42 Å². The molecule has 0 radical (unpaired) electrons. The average Bonchev–Trinajstić information content (AvgIpc) is 3.22. The number of ether oxygens (including phenoxy) is 3. The van der Waals surface area contributed by atoms with E-state index in [1.165, 1.54) is 0 Å². The summed E-state index contributed by atoms with van der Waals surface area (Å²) in [5.74, 6) is 2.72. The van der Waals surface area contributed by atoms with Crippen molar-refractivity contribution >= 4 is 5.91 Å². The molecule has 4 rings (SSSR count). The largest absolute Gasteiger partial charge is 0.496 e. The summed E-state index contributed by atoms with van der Waals surface area (Å²) in [6.45, 7) is 1.03. The Morgan fingerprint density at radius 1 is 1.18 bits per heavy atom. The number of likely N-dealkylation sites (N-methyl/N-ethyl adjacent to an activating group) is 1. The van der Waals surface area contributed by atoms with Crippen LogP contribution in [0.2, 0.25) is 0 Å². The molecule has 2 heterocycles. The first-order valence-electron chi connectivity index (χ1n) is 9.01. The zero-order chi connectivity index (χ0) is 19.5. The van der Waals surface area contributed by atoms with Crippen LogP contribution in [0.1, 0.15) is 5.56 Å². The van der Waals surface area contributed by atoms with Gasteiger partial charge in [-0.1, -0.05) is 12.1 Å². The maximum absolute atomic E-state index is 11.6. The van der Waals surface area contributed by atoms with Crippen molar-refractivity contribution < 1.29 is 19.0 Å². The number of imidazole rings is 1. The van der Waals surface area contributed by atoms with Crippen molar-refractivity contribution in [2.75, 3.05) is 27.4 Å². The van der Waals surface area contributed by atoms with Crippen LogP contribution in [0.25, 0.3) is 17.1 Å². The number of amides is 1. The van der Waals surface area contributed by atoms with Crippen LogP contribution in [0.4, 0.5) is 0 Å². The Kier molecular flexibility index (Phi) is 4.89. The molecule has 0 saturated heterocycles. The maximum Gasteiger partial charge on any atom is 0.224 e. The second-order valence-electron chi connectivity index (χ2n) is 6.33. The zero-order valence-corrected chi connectivity index (χ0v) is 15.8. The number of carbonyl (C=O) groups excluding carboxylic acids is 1. The van der Waals surface area contributed by atoms with Gasteiger partial charge in [-0.2, -0.15) is 0 Å². The lowest BCUT2D eigenvalue weighted by Crippen LogP contribution is -2.19. The molecule has 0 fully saturated rings. The van der Waals surface area contributed by atoms with E-state index in [-0.39, 0.29) is 5.91 Å². The van der Waals surface area contributed by atoms with Gasteiger partial charge in [0.25, 0.3) is 0 Å². The summed E-state index contributed by atoms with van der Waals surface area (Å²) in [5, 5.41) is 2.63. The third-order valence-electron chi connectivity index (χ3n) is 4.60. The van der Waals surface area contributed by atoms with Crippen LogP contribution in [0.3, 0.4) is 0 Å². The van der Waals surface area contributed by atoms with Gasteiger partial charge in [-0.05, 0) is 23.8 Å². The molecular weight excluding hydrogens is 358 g/mol. The molecule has 7 nitrogen and oxygen atoms in total. The number of methoxy groups -OCH3 is 1. The Morgan fingerprint density at radius 3 is 2.57 bits per heavy atom. The van der Waals surface area contributed by atoms with Crippen molar-refractivity contribution in [1.82, 2.24) is 14.9 Å². The normalized spacial score (nSPS) is 12.5. The summed E-state index contributed by atoms with van der Waals surface area (Å²) in [7, 11) is 3.25. The first kappa shape index (κ1) is 17.9. The molecule has 1 aliphatic rings. The second kappa shape index (κ2) is 7.64. The Bertz CT molecular complexity index is 995. The summed E-state index contributed by atoms with van der Waals surface area (Å²) in [4.78, 5) is 16.1. The quantitative estimate of drug-likeness (QED) is 0.738. The first-order valence-corrected chi connectivity index (χ1v) is 9.01. The minimum atomic E-state index is -0.0166. The highest BCUT2D eigenvalue weighted by molar-refractivity contribution is 5.78. The fourth-order valence-electron chi connectivity index (χ4n) is 3.17. The lowest BCUT2D eigenvalue weighted by molar-refractivity contribution is -0.119. The SMILES string of the molecule is CNC(=O)Cc1ccc(-n2ccnc2-c2cc3c(cc2OC)OCCO3)cc1. The van der Waals surface area contributed by atoms with Crippen LogP contribution in [0, 0.1) is 0 Å². The summed E-state index contributed by atoms with van der Waals surface area (Å²) >= 11 is 0. The van der Waals surface area contributed by atoms with Gasteiger partial charge in [0.15, 0.2) is 11.5 Å². The van der Waals surface area contributed by atoms with Gasteiger partial charge in [0, 0.05) is 31.2 Å². The Labute approximate surface area is 162 Å². The number of carbonyl (C=O) groups is 1. The molecule has 0 spiro atoms. The van der Waals surface area contributed by atoms with E-state index in [1.54, 1.807) is 20.4 Å². The summed E-state index contributed by atoms with van der Waals surface area (Å²) < 4.78 is 18.9. The van der Waals surface area contributed by atoms with E-state index in [9.17, 15) is 4.79 Å². The molecule has 28 heavy (non-hydrogen) atoms. The highest BCUT2D eigenvalue weighted by Crippen LogP contribution is 2.41. The highest BCUT2D eigenvalue weighted by atomic mass is 16.6. The first-order chi connectivity index (χ1) is 13.7. The monoisotopic (exact) mass is 379 g/mol. The number of benzene rings is 2. The highest BCUT2D eigenvalue weighted by Gasteiger charge is 2.20. The van der Waals surface area contributed by atoms with E-state index < -0.39 is 0 Å². The van der Waals surface area contributed by atoms with E-state index in [1.807, 2.05) is 47.2 Å². The fourth-order valence-corrected chi connectivity index (χ4v) is 3.17. The van der Waals surface area contributed by atoms with Gasteiger partial charge in [-0.3, -0.25) is 9.36 Å². The lowest BCUT2D eigenvalue weighted by Gasteiger charge is -2.21. The zero-order valence-electron chi connectivity index (χ0n) is 15.8. The van der Waals surface area contributed by atoms with Crippen LogP contribution in [0.5, 0.6) is 17.2 Å². The topological polar surface area (TPSA) is 74.6 Å². The van der Waals surface area contributed by atoms with E-state index in [0.717, 1.165) is 22.6 Å². The Hall–Kier alpha value is -3.48. The van der Waals surface area contributed by atoms with Crippen LogP contribution in [-0.4, -0.2) is 42.8 Å². The summed E-state index contributed by atoms with van der Waals surface area (Å²) in [6.07, 6.45) is 3.98. The molecule has 1 aliphatic heterocycles. The van der Waals surface area contributed by atoms with Gasteiger partial charge >= 0.3 is 0 Å². The number of aromatic nitrogens is 2. The number of hydrogen-bond acceptors (Lipinski definition) is 5. The molecule has 3 aromatic rings. The number of hydrogen-bond donors (Lipinski definition) is 1. The van der Waals surface area contributed by atoms with Gasteiger partial charge in [-0.15, -0.1) is 0 Å². The summed E-state index contributed by atoms with van der Waals surface area (Å²) in [5.41, 5.74) is 2.69. The maximum atomic E-state index is 11.6. The van der Waals surface area contributed by atoms with Crippen LogP contribution < -0.4 is 19.5 Å². The number of nitrogens with zero attached hydrogens (tertiary/aromatic N) is 2. The second-order valence-corrected chi connectivity index (χ2v) is 6.33. The standard InChI is InChI=1S/C21H21N3O4/c1-22-20(25)11-14-3-5-15(6-4-14)24-8-7-23-21(24)16-12-18-19(13-17(16)26-2)28-10-9-27-18/h3-8,12-13H,9-11H2,1-2H3,(H,22,25). The molecule has 7 heteroatoms. The van der Waals surface area contributed by atoms with E-state index in [0.29, 0.717) is 36.9 Å². The van der Waals surface area contributed by atoms with Gasteiger partial charge in [0.2, 0.25) is 5.91 Å². The lowest BCUT2D eigenvalue weighted by atomic mass is 10.1. The van der Waals surface area contributed by atoms with E-state index in [4.69, 9.17) is 14.2 Å². The Morgan fingerprint density at radius 2 is 1.89 bits per heavy atom. The van der Waals surface area contributed by atoms with Gasteiger partial charge in [0.05, 0.1) is 19.1 Å². The molecule has 1 aromatic heterocycles. The van der Waals surface area contributed by atoms with Gasteiger partial charge in [-0.25, -0.2) is 4.98 Å². The Balaban J connectivity index is 1.71. The molecule has 1 N–H and O–H groups in total. The minimum absolute atomic E-state index is 0.0166. The van der Waals surface area contributed by atoms with Crippen molar-refractivity contribution in [2.24, 2.45) is 0 Å². The fraction of sp³-hybridized carbons (Fsp3) is 0.238. The summed E-state index contributed by atoms with van der Waals surface area (Å²) in [6, 6.07) is 11.5. The predicted molar refractivity (Wildman–Crippen MR) is 104 cm³/mol. The van der Waals surface area contributed by atoms with Crippen molar-refractivity contribution in [3.8, 4) is 34.3 Å². The van der Waals surface area contributed by atoms with Gasteiger partial charge in [0.1, 0.15) is 24.8 Å². The van der Waals surface area contributed by atoms with Gasteiger partial charge < -0.3 is 19.5 Å².